The molecule has 0 saturated carbocycles. The van der Waals surface area contributed by atoms with E-state index in [4.69, 9.17) is 0 Å². The van der Waals surface area contributed by atoms with Crippen molar-refractivity contribution in [3.8, 4) is 0 Å². The molecule has 1 fully saturated rings. The molecule has 1 amide bonds. The van der Waals surface area contributed by atoms with E-state index in [1.165, 1.54) is 19.6 Å². The van der Waals surface area contributed by atoms with Crippen molar-refractivity contribution in [3.05, 3.63) is 34.9 Å². The maximum absolute atomic E-state index is 12.1. The van der Waals surface area contributed by atoms with Crippen molar-refractivity contribution in [1.29, 1.82) is 0 Å². The van der Waals surface area contributed by atoms with Gasteiger partial charge in [-0.1, -0.05) is 0 Å². The number of aryl methyl sites for hydroxylation is 1. The molecule has 0 radical (unpaired) electrons. The van der Waals surface area contributed by atoms with E-state index in [2.05, 4.69) is 25.4 Å². The van der Waals surface area contributed by atoms with Crippen LogP contribution in [-0.4, -0.2) is 43.4 Å². The van der Waals surface area contributed by atoms with Gasteiger partial charge in [-0.05, 0) is 12.8 Å². The number of nitrogens with one attached hydrogen (secondary N) is 1. The van der Waals surface area contributed by atoms with Crippen molar-refractivity contribution in [3.63, 3.8) is 0 Å². The van der Waals surface area contributed by atoms with E-state index in [1.54, 1.807) is 6.20 Å². The second-order valence-corrected chi connectivity index (χ2v) is 4.80. The summed E-state index contributed by atoms with van der Waals surface area (Å²) in [5.41, 5.74) is 2.15. The third kappa shape index (κ3) is 2.62. The smallest absolute Gasteiger partial charge is 0.355 e. The first-order valence-electron chi connectivity index (χ1n) is 6.64. The molecule has 0 aliphatic carbocycles. The molecule has 0 aromatic carbocycles. The summed E-state index contributed by atoms with van der Waals surface area (Å²) in [5.74, 6) is 0.178. The van der Waals surface area contributed by atoms with Crippen LogP contribution in [0.4, 0.5) is 5.82 Å². The van der Waals surface area contributed by atoms with Gasteiger partial charge >= 0.3 is 5.69 Å². The summed E-state index contributed by atoms with van der Waals surface area (Å²) < 4.78 is 2.12. The average Bonchev–Trinajstić information content (AvgIpc) is 3.13. The van der Waals surface area contributed by atoms with Crippen LogP contribution >= 0.6 is 0 Å². The third-order valence-electron chi connectivity index (χ3n) is 3.33. The molecule has 1 aliphatic heterocycles. The molecular weight excluding hydrogens is 274 g/mol. The summed E-state index contributed by atoms with van der Waals surface area (Å²) >= 11 is 0. The first kappa shape index (κ1) is 13.3. The van der Waals surface area contributed by atoms with Crippen LogP contribution in [0.5, 0.6) is 0 Å². The Morgan fingerprint density at radius 1 is 1.29 bits per heavy atom. The molecule has 21 heavy (non-hydrogen) atoms. The van der Waals surface area contributed by atoms with Gasteiger partial charge in [0.2, 0.25) is 0 Å². The van der Waals surface area contributed by atoms with E-state index < -0.39 is 11.6 Å². The Kier molecular flexibility index (Phi) is 3.38. The maximum atomic E-state index is 12.1. The second kappa shape index (κ2) is 5.35. The van der Waals surface area contributed by atoms with E-state index in [0.29, 0.717) is 5.82 Å². The standard InChI is InChI=1S/C12H15N7O2/c1-17-12(21)19(8-14-17)16-11(20)9-6-13-7-10(15-9)18-4-2-3-5-18/h6-8H,2-5H2,1H3,(H,16,20). The topological polar surface area (TPSA) is 97.9 Å². The minimum Gasteiger partial charge on any atom is -0.355 e. The van der Waals surface area contributed by atoms with Gasteiger partial charge in [-0.2, -0.15) is 9.77 Å². The zero-order valence-electron chi connectivity index (χ0n) is 11.6. The fourth-order valence-corrected chi connectivity index (χ4v) is 2.19. The maximum Gasteiger partial charge on any atom is 0.364 e. The summed E-state index contributed by atoms with van der Waals surface area (Å²) in [6.45, 7) is 1.84. The molecule has 0 spiro atoms. The fraction of sp³-hybridized carbons (Fsp3) is 0.417. The van der Waals surface area contributed by atoms with Crippen LogP contribution in [0.25, 0.3) is 0 Å². The van der Waals surface area contributed by atoms with Gasteiger partial charge in [-0.25, -0.2) is 14.5 Å². The Bertz CT molecular complexity index is 714. The average molecular weight is 289 g/mol. The molecule has 110 valence electrons. The van der Waals surface area contributed by atoms with Crippen molar-refractivity contribution in [2.75, 3.05) is 23.4 Å². The molecule has 1 aliphatic rings. The van der Waals surface area contributed by atoms with Crippen LogP contribution in [0.2, 0.25) is 0 Å². The van der Waals surface area contributed by atoms with Crippen LogP contribution in [0.1, 0.15) is 23.3 Å². The second-order valence-electron chi connectivity index (χ2n) is 4.80. The lowest BCUT2D eigenvalue weighted by atomic mass is 10.4. The molecule has 9 nitrogen and oxygen atoms in total. The SMILES string of the molecule is Cn1ncn(NC(=O)c2cncc(N3CCCC3)n2)c1=O. The van der Waals surface area contributed by atoms with E-state index in [-0.39, 0.29) is 5.69 Å². The van der Waals surface area contributed by atoms with Gasteiger partial charge in [-0.3, -0.25) is 15.2 Å². The molecule has 2 aromatic heterocycles. The highest BCUT2D eigenvalue weighted by molar-refractivity contribution is 5.98. The molecule has 1 N–H and O–H groups in total. The van der Waals surface area contributed by atoms with Crippen LogP contribution in [0, 0.1) is 0 Å². The first-order valence-corrected chi connectivity index (χ1v) is 6.64. The number of carbonyl (C=O) groups is 1. The molecule has 9 heteroatoms. The minimum atomic E-state index is -0.501. The summed E-state index contributed by atoms with van der Waals surface area (Å²) in [6, 6.07) is 0. The monoisotopic (exact) mass is 289 g/mol. The van der Waals surface area contributed by atoms with E-state index in [9.17, 15) is 9.59 Å². The molecule has 0 bridgehead atoms. The highest BCUT2D eigenvalue weighted by Crippen LogP contribution is 2.16. The number of hydrogen-bond donors (Lipinski definition) is 1. The van der Waals surface area contributed by atoms with Gasteiger partial charge in [-0.15, -0.1) is 0 Å². The van der Waals surface area contributed by atoms with Crippen molar-refractivity contribution >= 4 is 11.7 Å². The number of nitrogens with zero attached hydrogens (tertiary/aromatic N) is 6. The Balaban J connectivity index is 1.79. The van der Waals surface area contributed by atoms with Crippen molar-refractivity contribution < 1.29 is 4.79 Å². The van der Waals surface area contributed by atoms with Gasteiger partial charge in [0.25, 0.3) is 5.91 Å². The predicted octanol–water partition coefficient (Wildman–Crippen LogP) is -0.644. The van der Waals surface area contributed by atoms with Crippen molar-refractivity contribution in [2.45, 2.75) is 12.8 Å². The minimum absolute atomic E-state index is 0.162. The number of anilines is 1. The Morgan fingerprint density at radius 2 is 2.05 bits per heavy atom. The zero-order chi connectivity index (χ0) is 14.8. The van der Waals surface area contributed by atoms with Gasteiger partial charge in [0.1, 0.15) is 12.1 Å². The van der Waals surface area contributed by atoms with Crippen molar-refractivity contribution in [1.82, 2.24) is 24.4 Å². The van der Waals surface area contributed by atoms with Gasteiger partial charge in [0, 0.05) is 20.1 Å². The number of carbonyl (C=O) groups excluding carboxylic acids is 1. The Morgan fingerprint density at radius 3 is 2.71 bits per heavy atom. The third-order valence-corrected chi connectivity index (χ3v) is 3.33. The zero-order valence-corrected chi connectivity index (χ0v) is 11.6. The van der Waals surface area contributed by atoms with Gasteiger partial charge < -0.3 is 4.90 Å². The predicted molar refractivity (Wildman–Crippen MR) is 74.6 cm³/mol. The number of hydrogen-bond acceptors (Lipinski definition) is 6. The molecule has 1 saturated heterocycles. The van der Waals surface area contributed by atoms with E-state index in [0.717, 1.165) is 35.3 Å². The number of amides is 1. The van der Waals surface area contributed by atoms with Gasteiger partial charge in [0.05, 0.1) is 12.4 Å². The van der Waals surface area contributed by atoms with Gasteiger partial charge in [0.15, 0.2) is 5.69 Å². The molecule has 0 unspecified atom stereocenters. The molecular formula is C12H15N7O2. The van der Waals surface area contributed by atoms with Crippen LogP contribution < -0.4 is 16.0 Å². The Labute approximate surface area is 120 Å². The lowest BCUT2D eigenvalue weighted by molar-refractivity contribution is 0.100. The van der Waals surface area contributed by atoms with Crippen molar-refractivity contribution in [2.24, 2.45) is 7.05 Å². The molecule has 0 atom stereocenters. The van der Waals surface area contributed by atoms with Crippen LogP contribution in [-0.2, 0) is 7.05 Å². The number of aromatic nitrogens is 5. The molecule has 3 heterocycles. The summed E-state index contributed by atoms with van der Waals surface area (Å²) in [7, 11) is 1.50. The quantitative estimate of drug-likeness (QED) is 0.807. The summed E-state index contributed by atoms with van der Waals surface area (Å²) in [5, 5.41) is 3.75. The van der Waals surface area contributed by atoms with Crippen LogP contribution in [0.15, 0.2) is 23.5 Å². The first-order chi connectivity index (χ1) is 10.1. The fourth-order valence-electron chi connectivity index (χ4n) is 2.19. The number of rotatable bonds is 3. The summed E-state index contributed by atoms with van der Waals surface area (Å²) in [4.78, 5) is 34.2. The van der Waals surface area contributed by atoms with Crippen LogP contribution in [0.3, 0.4) is 0 Å². The highest BCUT2D eigenvalue weighted by atomic mass is 16.2. The van der Waals surface area contributed by atoms with E-state index in [1.807, 2.05) is 0 Å². The van der Waals surface area contributed by atoms with E-state index >= 15 is 0 Å². The molecule has 3 rings (SSSR count). The Hall–Kier alpha value is -2.71. The lowest BCUT2D eigenvalue weighted by Crippen LogP contribution is -2.33. The lowest BCUT2D eigenvalue weighted by Gasteiger charge is -2.16. The normalized spacial score (nSPS) is 14.4. The molecule has 2 aromatic rings. The summed E-state index contributed by atoms with van der Waals surface area (Å²) in [6.07, 6.45) is 6.47. The largest absolute Gasteiger partial charge is 0.364 e. The highest BCUT2D eigenvalue weighted by Gasteiger charge is 2.17.